The summed E-state index contributed by atoms with van der Waals surface area (Å²) in [5.74, 6) is -0.264. The molecule has 1 aliphatic carbocycles. The van der Waals surface area contributed by atoms with Crippen LogP contribution in [0.5, 0.6) is 0 Å². The molecular weight excluding hydrogens is 324 g/mol. The van der Waals surface area contributed by atoms with Gasteiger partial charge >= 0.3 is 0 Å². The third-order valence-electron chi connectivity index (χ3n) is 5.75. The van der Waals surface area contributed by atoms with E-state index in [0.717, 1.165) is 29.8 Å². The van der Waals surface area contributed by atoms with Crippen molar-refractivity contribution in [1.82, 2.24) is 4.90 Å². The van der Waals surface area contributed by atoms with Gasteiger partial charge in [-0.25, -0.2) is 0 Å². The number of hydrogen-bond acceptors (Lipinski definition) is 2. The summed E-state index contributed by atoms with van der Waals surface area (Å²) in [6.07, 6.45) is 1.56. The molecule has 0 aromatic heterocycles. The highest BCUT2D eigenvalue weighted by molar-refractivity contribution is 6.00. The monoisotopic (exact) mass is 348 g/mol. The summed E-state index contributed by atoms with van der Waals surface area (Å²) >= 11 is 0. The Morgan fingerprint density at radius 2 is 1.77 bits per heavy atom. The van der Waals surface area contributed by atoms with Gasteiger partial charge in [0.2, 0.25) is 11.8 Å². The van der Waals surface area contributed by atoms with Gasteiger partial charge in [0.15, 0.2) is 0 Å². The summed E-state index contributed by atoms with van der Waals surface area (Å²) in [5.41, 5.74) is 5.64. The molecule has 4 rings (SSSR count). The number of benzene rings is 2. The van der Waals surface area contributed by atoms with Gasteiger partial charge in [-0.15, -0.1) is 0 Å². The first-order valence-corrected chi connectivity index (χ1v) is 9.27. The number of fused-ring (bicyclic) bond motifs is 1. The molecule has 2 atom stereocenters. The highest BCUT2D eigenvalue weighted by Gasteiger charge is 2.49. The van der Waals surface area contributed by atoms with Crippen molar-refractivity contribution in [3.8, 4) is 0 Å². The molecule has 4 heteroatoms. The lowest BCUT2D eigenvalue weighted by Gasteiger charge is -2.29. The summed E-state index contributed by atoms with van der Waals surface area (Å²) in [6, 6.07) is 14.2. The van der Waals surface area contributed by atoms with Gasteiger partial charge < -0.3 is 10.2 Å². The normalized spacial score (nSPS) is 21.1. The Hall–Kier alpha value is -2.62. The first kappa shape index (κ1) is 16.8. The van der Waals surface area contributed by atoms with Crippen LogP contribution in [-0.4, -0.2) is 23.3 Å². The Morgan fingerprint density at radius 1 is 1.00 bits per heavy atom. The van der Waals surface area contributed by atoms with Gasteiger partial charge in [-0.3, -0.25) is 9.59 Å². The molecule has 2 aromatic carbocycles. The smallest absolute Gasteiger partial charge is 0.228 e. The zero-order valence-electron chi connectivity index (χ0n) is 15.3. The third kappa shape index (κ3) is 3.12. The van der Waals surface area contributed by atoms with E-state index < -0.39 is 0 Å². The van der Waals surface area contributed by atoms with Crippen LogP contribution in [0.25, 0.3) is 0 Å². The van der Waals surface area contributed by atoms with Gasteiger partial charge in [0.1, 0.15) is 0 Å². The second kappa shape index (κ2) is 6.60. The van der Waals surface area contributed by atoms with E-state index in [1.807, 2.05) is 49.1 Å². The lowest BCUT2D eigenvalue weighted by molar-refractivity contribution is -0.135. The lowest BCUT2D eigenvalue weighted by Crippen LogP contribution is -2.37. The van der Waals surface area contributed by atoms with E-state index in [2.05, 4.69) is 17.4 Å². The molecule has 134 valence electrons. The molecule has 0 bridgehead atoms. The molecule has 1 aliphatic heterocycles. The summed E-state index contributed by atoms with van der Waals surface area (Å²) < 4.78 is 0. The molecule has 0 spiro atoms. The highest BCUT2D eigenvalue weighted by atomic mass is 16.2. The van der Waals surface area contributed by atoms with E-state index in [1.165, 1.54) is 11.1 Å². The molecule has 1 saturated carbocycles. The van der Waals surface area contributed by atoms with E-state index in [9.17, 15) is 9.59 Å². The minimum atomic E-state index is -0.195. The fourth-order valence-electron chi connectivity index (χ4n) is 3.79. The SMILES string of the molecule is Cc1cccc(NC(=O)C2CC2C(=O)N2CCc3ccccc3C2)c1C. The van der Waals surface area contributed by atoms with E-state index in [0.29, 0.717) is 13.0 Å². The van der Waals surface area contributed by atoms with Gasteiger partial charge in [0.05, 0.1) is 11.8 Å². The molecule has 4 nitrogen and oxygen atoms in total. The van der Waals surface area contributed by atoms with Gasteiger partial charge in [-0.2, -0.15) is 0 Å². The van der Waals surface area contributed by atoms with Crippen LogP contribution in [-0.2, 0) is 22.6 Å². The van der Waals surface area contributed by atoms with Crippen molar-refractivity contribution in [2.24, 2.45) is 11.8 Å². The Labute approximate surface area is 154 Å². The highest BCUT2D eigenvalue weighted by Crippen LogP contribution is 2.41. The summed E-state index contributed by atoms with van der Waals surface area (Å²) in [5, 5.41) is 3.01. The van der Waals surface area contributed by atoms with Crippen LogP contribution in [0.1, 0.15) is 28.7 Å². The molecule has 2 amide bonds. The number of carbonyl (C=O) groups is 2. The van der Waals surface area contributed by atoms with Crippen molar-refractivity contribution in [3.05, 3.63) is 64.7 Å². The van der Waals surface area contributed by atoms with Crippen molar-refractivity contribution in [2.75, 3.05) is 11.9 Å². The Morgan fingerprint density at radius 3 is 2.58 bits per heavy atom. The number of hydrogen-bond donors (Lipinski definition) is 1. The first-order valence-electron chi connectivity index (χ1n) is 9.27. The lowest BCUT2D eigenvalue weighted by atomic mass is 9.99. The molecule has 1 N–H and O–H groups in total. The number of anilines is 1. The quantitative estimate of drug-likeness (QED) is 0.923. The summed E-state index contributed by atoms with van der Waals surface area (Å²) in [7, 11) is 0. The fourth-order valence-corrected chi connectivity index (χ4v) is 3.79. The Kier molecular flexibility index (Phi) is 4.27. The van der Waals surface area contributed by atoms with Crippen molar-refractivity contribution in [1.29, 1.82) is 0 Å². The zero-order chi connectivity index (χ0) is 18.3. The van der Waals surface area contributed by atoms with Crippen LogP contribution in [0.4, 0.5) is 5.69 Å². The summed E-state index contributed by atoms with van der Waals surface area (Å²) in [6.45, 7) is 5.45. The van der Waals surface area contributed by atoms with E-state index >= 15 is 0 Å². The van der Waals surface area contributed by atoms with Crippen molar-refractivity contribution in [2.45, 2.75) is 33.2 Å². The molecular formula is C22H24N2O2. The number of nitrogens with zero attached hydrogens (tertiary/aromatic N) is 1. The topological polar surface area (TPSA) is 49.4 Å². The van der Waals surface area contributed by atoms with Gasteiger partial charge in [0.25, 0.3) is 0 Å². The third-order valence-corrected chi connectivity index (χ3v) is 5.75. The van der Waals surface area contributed by atoms with Gasteiger partial charge in [0, 0.05) is 18.8 Å². The van der Waals surface area contributed by atoms with Gasteiger partial charge in [-0.05, 0) is 55.0 Å². The largest absolute Gasteiger partial charge is 0.338 e. The van der Waals surface area contributed by atoms with E-state index in [1.54, 1.807) is 0 Å². The van der Waals surface area contributed by atoms with Crippen LogP contribution in [0.3, 0.4) is 0 Å². The van der Waals surface area contributed by atoms with Crippen LogP contribution in [0.15, 0.2) is 42.5 Å². The van der Waals surface area contributed by atoms with Gasteiger partial charge in [-0.1, -0.05) is 36.4 Å². The summed E-state index contributed by atoms with van der Waals surface area (Å²) in [4.78, 5) is 27.3. The predicted octanol–water partition coefficient (Wildman–Crippen LogP) is 3.46. The number of nitrogens with one attached hydrogen (secondary N) is 1. The molecule has 2 aromatic rings. The minimum absolute atomic E-state index is 0.0329. The molecule has 1 heterocycles. The molecule has 0 radical (unpaired) electrons. The predicted molar refractivity (Wildman–Crippen MR) is 102 cm³/mol. The molecule has 2 unspecified atom stereocenters. The standard InChI is InChI=1S/C22H24N2O2/c1-14-6-5-9-20(15(14)2)23-21(25)18-12-19(18)22(26)24-11-10-16-7-3-4-8-17(16)13-24/h3-9,18-19H,10-13H2,1-2H3,(H,23,25). The first-order chi connectivity index (χ1) is 12.5. The molecule has 0 saturated heterocycles. The van der Waals surface area contributed by atoms with Crippen LogP contribution >= 0.6 is 0 Å². The van der Waals surface area contributed by atoms with Crippen LogP contribution in [0, 0.1) is 25.7 Å². The van der Waals surface area contributed by atoms with E-state index in [-0.39, 0.29) is 23.7 Å². The average molecular weight is 348 g/mol. The maximum absolute atomic E-state index is 12.8. The molecule has 1 fully saturated rings. The van der Waals surface area contributed by atoms with Crippen LogP contribution in [0.2, 0.25) is 0 Å². The number of aryl methyl sites for hydroxylation is 1. The van der Waals surface area contributed by atoms with Crippen LogP contribution < -0.4 is 5.32 Å². The van der Waals surface area contributed by atoms with E-state index in [4.69, 9.17) is 0 Å². The van der Waals surface area contributed by atoms with Crippen molar-refractivity contribution < 1.29 is 9.59 Å². The molecule has 26 heavy (non-hydrogen) atoms. The zero-order valence-corrected chi connectivity index (χ0v) is 15.3. The number of carbonyl (C=O) groups excluding carboxylic acids is 2. The fraction of sp³-hybridized carbons (Fsp3) is 0.364. The maximum Gasteiger partial charge on any atom is 0.228 e. The number of amides is 2. The van der Waals surface area contributed by atoms with Crippen molar-refractivity contribution in [3.63, 3.8) is 0 Å². The average Bonchev–Trinajstić information content (AvgIpc) is 3.45. The Balaban J connectivity index is 1.38. The molecule has 2 aliphatic rings. The van der Waals surface area contributed by atoms with Crippen molar-refractivity contribution >= 4 is 17.5 Å². The minimum Gasteiger partial charge on any atom is -0.338 e. The Bertz CT molecular complexity index is 874. The number of rotatable bonds is 3. The second-order valence-electron chi connectivity index (χ2n) is 7.46. The second-order valence-corrected chi connectivity index (χ2v) is 7.46. The maximum atomic E-state index is 12.8.